The molecular formula is C12H19NO. The first-order valence-electron chi connectivity index (χ1n) is 5.80. The van der Waals surface area contributed by atoms with Crippen molar-refractivity contribution in [2.45, 2.75) is 51.0 Å². The van der Waals surface area contributed by atoms with Gasteiger partial charge in [-0.2, -0.15) is 0 Å². The van der Waals surface area contributed by atoms with E-state index in [2.05, 4.69) is 5.32 Å². The molecule has 0 bridgehead atoms. The van der Waals surface area contributed by atoms with Crippen molar-refractivity contribution >= 4 is 5.78 Å². The zero-order valence-electron chi connectivity index (χ0n) is 8.67. The normalized spacial score (nSPS) is 28.9. The standard InChI is InChI=1S/C12H19NO/c14-12-6-7-13-11(9-12)8-10-4-2-1-3-5-10/h6-7,10-11,13H,1-5,8-9H2. The highest BCUT2D eigenvalue weighted by Gasteiger charge is 2.21. The Kier molecular flexibility index (Phi) is 3.22. The van der Waals surface area contributed by atoms with E-state index in [1.54, 1.807) is 6.08 Å². The molecule has 0 radical (unpaired) electrons. The summed E-state index contributed by atoms with van der Waals surface area (Å²) in [5.74, 6) is 1.14. The number of nitrogens with one attached hydrogen (secondary N) is 1. The van der Waals surface area contributed by atoms with Crippen molar-refractivity contribution in [3.05, 3.63) is 12.3 Å². The predicted octanol–water partition coefficient (Wildman–Crippen LogP) is 2.40. The Labute approximate surface area is 85.8 Å². The van der Waals surface area contributed by atoms with Gasteiger partial charge in [-0.05, 0) is 18.4 Å². The number of rotatable bonds is 2. The van der Waals surface area contributed by atoms with Crippen LogP contribution in [0.5, 0.6) is 0 Å². The summed E-state index contributed by atoms with van der Waals surface area (Å²) in [6, 6.07) is 0.413. The lowest BCUT2D eigenvalue weighted by atomic mass is 9.83. The first kappa shape index (κ1) is 9.75. The minimum atomic E-state index is 0.282. The Morgan fingerprint density at radius 1 is 1.29 bits per heavy atom. The van der Waals surface area contributed by atoms with Gasteiger partial charge >= 0.3 is 0 Å². The van der Waals surface area contributed by atoms with Crippen LogP contribution in [0.15, 0.2) is 12.3 Å². The monoisotopic (exact) mass is 193 g/mol. The van der Waals surface area contributed by atoms with Gasteiger partial charge in [0.1, 0.15) is 0 Å². The molecule has 1 aliphatic heterocycles. The van der Waals surface area contributed by atoms with E-state index in [0.717, 1.165) is 5.92 Å². The van der Waals surface area contributed by atoms with E-state index in [0.29, 0.717) is 12.5 Å². The molecule has 0 amide bonds. The summed E-state index contributed by atoms with van der Waals surface area (Å²) in [6.07, 6.45) is 12.3. The van der Waals surface area contributed by atoms with Gasteiger partial charge in [0.15, 0.2) is 5.78 Å². The summed E-state index contributed by atoms with van der Waals surface area (Å²) < 4.78 is 0. The molecule has 0 aromatic rings. The molecule has 1 atom stereocenters. The third-order valence-electron chi connectivity index (χ3n) is 3.39. The lowest BCUT2D eigenvalue weighted by molar-refractivity contribution is -0.115. The summed E-state index contributed by atoms with van der Waals surface area (Å²) >= 11 is 0. The molecule has 0 aromatic carbocycles. The van der Waals surface area contributed by atoms with E-state index in [4.69, 9.17) is 0 Å². The average Bonchev–Trinajstić information content (AvgIpc) is 2.19. The van der Waals surface area contributed by atoms with Crippen molar-refractivity contribution in [3.63, 3.8) is 0 Å². The molecular weight excluding hydrogens is 174 g/mol. The quantitative estimate of drug-likeness (QED) is 0.729. The highest BCUT2D eigenvalue weighted by Crippen LogP contribution is 2.28. The summed E-state index contributed by atoms with van der Waals surface area (Å²) in [5.41, 5.74) is 0. The van der Waals surface area contributed by atoms with Crippen LogP contribution in [0.2, 0.25) is 0 Å². The zero-order valence-corrected chi connectivity index (χ0v) is 8.67. The Bertz CT molecular complexity index is 228. The number of allylic oxidation sites excluding steroid dienone is 1. The Hall–Kier alpha value is -0.790. The van der Waals surface area contributed by atoms with E-state index in [1.165, 1.54) is 38.5 Å². The van der Waals surface area contributed by atoms with Gasteiger partial charge in [-0.1, -0.05) is 32.1 Å². The molecule has 2 rings (SSSR count). The molecule has 1 fully saturated rings. The van der Waals surface area contributed by atoms with Gasteiger partial charge in [-0.3, -0.25) is 4.79 Å². The van der Waals surface area contributed by atoms with E-state index in [-0.39, 0.29) is 5.78 Å². The molecule has 0 aromatic heterocycles. The van der Waals surface area contributed by atoms with Crippen LogP contribution >= 0.6 is 0 Å². The molecule has 2 aliphatic rings. The molecule has 1 N–H and O–H groups in total. The second-order valence-corrected chi connectivity index (χ2v) is 4.61. The fourth-order valence-electron chi connectivity index (χ4n) is 2.62. The fraction of sp³-hybridized carbons (Fsp3) is 0.750. The lowest BCUT2D eigenvalue weighted by Crippen LogP contribution is -2.33. The summed E-state index contributed by atoms with van der Waals surface area (Å²) in [4.78, 5) is 11.2. The summed E-state index contributed by atoms with van der Waals surface area (Å²) in [7, 11) is 0. The predicted molar refractivity (Wildman–Crippen MR) is 56.9 cm³/mol. The molecule has 2 heteroatoms. The molecule has 1 aliphatic carbocycles. The first-order valence-corrected chi connectivity index (χ1v) is 5.80. The van der Waals surface area contributed by atoms with Crippen molar-refractivity contribution in [2.75, 3.05) is 0 Å². The van der Waals surface area contributed by atoms with E-state index in [9.17, 15) is 4.79 Å². The Balaban J connectivity index is 1.79. The van der Waals surface area contributed by atoms with Crippen LogP contribution < -0.4 is 5.32 Å². The van der Waals surface area contributed by atoms with Gasteiger partial charge in [-0.15, -0.1) is 0 Å². The third kappa shape index (κ3) is 2.60. The third-order valence-corrected chi connectivity index (χ3v) is 3.39. The zero-order chi connectivity index (χ0) is 9.80. The minimum Gasteiger partial charge on any atom is -0.388 e. The van der Waals surface area contributed by atoms with Crippen LogP contribution in [0.3, 0.4) is 0 Å². The highest BCUT2D eigenvalue weighted by atomic mass is 16.1. The molecule has 14 heavy (non-hydrogen) atoms. The fourth-order valence-corrected chi connectivity index (χ4v) is 2.62. The number of carbonyl (C=O) groups excluding carboxylic acids is 1. The van der Waals surface area contributed by atoms with Crippen LogP contribution in [0, 0.1) is 5.92 Å². The number of carbonyl (C=O) groups is 1. The van der Waals surface area contributed by atoms with Gasteiger partial charge in [0.2, 0.25) is 0 Å². The number of hydrogen-bond donors (Lipinski definition) is 1. The minimum absolute atomic E-state index is 0.282. The van der Waals surface area contributed by atoms with Gasteiger partial charge in [-0.25, -0.2) is 0 Å². The largest absolute Gasteiger partial charge is 0.388 e. The molecule has 0 saturated heterocycles. The van der Waals surface area contributed by atoms with Gasteiger partial charge in [0.25, 0.3) is 0 Å². The first-order chi connectivity index (χ1) is 6.84. The molecule has 2 nitrogen and oxygen atoms in total. The van der Waals surface area contributed by atoms with Crippen molar-refractivity contribution < 1.29 is 4.79 Å². The second kappa shape index (κ2) is 4.63. The summed E-state index contributed by atoms with van der Waals surface area (Å²) in [5, 5.41) is 3.30. The van der Waals surface area contributed by atoms with Crippen LogP contribution in [-0.2, 0) is 4.79 Å². The van der Waals surface area contributed by atoms with Gasteiger partial charge < -0.3 is 5.32 Å². The van der Waals surface area contributed by atoms with E-state index < -0.39 is 0 Å². The van der Waals surface area contributed by atoms with Crippen molar-refractivity contribution in [1.29, 1.82) is 0 Å². The smallest absolute Gasteiger partial charge is 0.159 e. The van der Waals surface area contributed by atoms with Gasteiger partial charge in [0.05, 0.1) is 0 Å². The lowest BCUT2D eigenvalue weighted by Gasteiger charge is -2.27. The molecule has 1 heterocycles. The maximum absolute atomic E-state index is 11.2. The molecule has 1 saturated carbocycles. The Morgan fingerprint density at radius 3 is 2.79 bits per heavy atom. The number of ketones is 1. The van der Waals surface area contributed by atoms with Gasteiger partial charge in [0, 0.05) is 18.7 Å². The molecule has 78 valence electrons. The van der Waals surface area contributed by atoms with Crippen LogP contribution in [0.25, 0.3) is 0 Å². The van der Waals surface area contributed by atoms with Crippen LogP contribution in [0.1, 0.15) is 44.9 Å². The number of hydrogen-bond acceptors (Lipinski definition) is 2. The average molecular weight is 193 g/mol. The highest BCUT2D eigenvalue weighted by molar-refractivity contribution is 5.90. The van der Waals surface area contributed by atoms with Crippen molar-refractivity contribution in [3.8, 4) is 0 Å². The van der Waals surface area contributed by atoms with E-state index in [1.807, 2.05) is 6.20 Å². The molecule has 1 unspecified atom stereocenters. The SMILES string of the molecule is O=C1C=CNC(CC2CCCCC2)C1. The van der Waals surface area contributed by atoms with Crippen LogP contribution in [-0.4, -0.2) is 11.8 Å². The maximum Gasteiger partial charge on any atom is 0.159 e. The van der Waals surface area contributed by atoms with Crippen molar-refractivity contribution in [1.82, 2.24) is 5.32 Å². The van der Waals surface area contributed by atoms with E-state index >= 15 is 0 Å². The topological polar surface area (TPSA) is 29.1 Å². The summed E-state index contributed by atoms with van der Waals surface area (Å²) in [6.45, 7) is 0. The van der Waals surface area contributed by atoms with Crippen molar-refractivity contribution in [2.24, 2.45) is 5.92 Å². The molecule has 0 spiro atoms. The Morgan fingerprint density at radius 2 is 2.07 bits per heavy atom. The maximum atomic E-state index is 11.2. The second-order valence-electron chi connectivity index (χ2n) is 4.61. The van der Waals surface area contributed by atoms with Crippen LogP contribution in [0.4, 0.5) is 0 Å².